The van der Waals surface area contributed by atoms with Crippen LogP contribution in [0.25, 0.3) is 0 Å². The third kappa shape index (κ3) is 3.80. The van der Waals surface area contributed by atoms with Crippen molar-refractivity contribution in [1.82, 2.24) is 5.32 Å². The van der Waals surface area contributed by atoms with Crippen molar-refractivity contribution in [1.29, 1.82) is 0 Å². The van der Waals surface area contributed by atoms with Crippen molar-refractivity contribution < 1.29 is 28.2 Å². The van der Waals surface area contributed by atoms with Crippen molar-refractivity contribution in [3.05, 3.63) is 59.2 Å². The number of carbonyl (C=O) groups excluding carboxylic acids is 1. The molecule has 1 unspecified atom stereocenters. The first-order chi connectivity index (χ1) is 11.5. The summed E-state index contributed by atoms with van der Waals surface area (Å²) in [6.45, 7) is 0.0666. The predicted octanol–water partition coefficient (Wildman–Crippen LogP) is 3.34. The second-order valence-corrected chi connectivity index (χ2v) is 5.12. The molecular formula is C16H13ClF2N2O4. The number of nitrogens with one attached hydrogen (secondary N) is 2. The summed E-state index contributed by atoms with van der Waals surface area (Å²) in [5.74, 6) is -2.40. The summed E-state index contributed by atoms with van der Waals surface area (Å²) in [4.78, 5) is 23.1. The molecule has 0 saturated heterocycles. The Kier molecular flexibility index (Phi) is 5.43. The molecule has 0 aromatic heterocycles. The molecule has 0 saturated carbocycles. The quantitative estimate of drug-likeness (QED) is 0.773. The molecule has 1 atom stereocenters. The maximum absolute atomic E-state index is 13.2. The van der Waals surface area contributed by atoms with Crippen molar-refractivity contribution in [3.8, 4) is 5.75 Å². The molecule has 0 aliphatic carbocycles. The summed E-state index contributed by atoms with van der Waals surface area (Å²) in [6.07, 6.45) is -1.20. The van der Waals surface area contributed by atoms with Gasteiger partial charge in [0, 0.05) is 17.3 Å². The average Bonchev–Trinajstić information content (AvgIpc) is 2.93. The van der Waals surface area contributed by atoms with Gasteiger partial charge in [0.25, 0.3) is 5.91 Å². The first-order valence-corrected chi connectivity index (χ1v) is 6.97. The van der Waals surface area contributed by atoms with Crippen LogP contribution in [0.2, 0.25) is 0 Å². The number of halogens is 3. The number of ether oxygens (including phenoxy) is 1. The molecule has 132 valence electrons. The fraction of sp³-hybridized carbons (Fsp3) is 0.125. The van der Waals surface area contributed by atoms with Gasteiger partial charge in [-0.2, -0.15) is 0 Å². The van der Waals surface area contributed by atoms with E-state index in [1.807, 2.05) is 0 Å². The van der Waals surface area contributed by atoms with E-state index >= 15 is 0 Å². The Balaban J connectivity index is 0.00000225. The van der Waals surface area contributed by atoms with Crippen LogP contribution in [0.5, 0.6) is 5.75 Å². The van der Waals surface area contributed by atoms with Crippen LogP contribution >= 0.6 is 12.4 Å². The molecule has 3 N–H and O–H groups in total. The van der Waals surface area contributed by atoms with E-state index in [1.165, 1.54) is 12.1 Å². The number of fused-ring (bicyclic) bond motifs is 1. The minimum Gasteiger partial charge on any atom is -0.490 e. The van der Waals surface area contributed by atoms with Crippen LogP contribution in [0.4, 0.5) is 19.3 Å². The van der Waals surface area contributed by atoms with Crippen molar-refractivity contribution in [2.45, 2.75) is 6.04 Å². The van der Waals surface area contributed by atoms with E-state index in [1.54, 1.807) is 12.1 Å². The zero-order valence-corrected chi connectivity index (χ0v) is 13.4. The highest BCUT2D eigenvalue weighted by molar-refractivity contribution is 6.06. The number of hydrogen-bond acceptors (Lipinski definition) is 3. The fourth-order valence-electron chi connectivity index (χ4n) is 2.47. The third-order valence-corrected chi connectivity index (χ3v) is 3.54. The number of hydrogen-bond donors (Lipinski definition) is 3. The van der Waals surface area contributed by atoms with E-state index in [-0.39, 0.29) is 36.0 Å². The Hall–Kier alpha value is -2.87. The van der Waals surface area contributed by atoms with E-state index in [2.05, 4.69) is 10.6 Å². The normalized spacial score (nSPS) is 14.7. The monoisotopic (exact) mass is 370 g/mol. The van der Waals surface area contributed by atoms with Crippen molar-refractivity contribution in [2.75, 3.05) is 11.9 Å². The Labute approximate surface area is 147 Å². The maximum atomic E-state index is 13.2. The summed E-state index contributed by atoms with van der Waals surface area (Å²) >= 11 is 0. The molecule has 2 amide bonds. The number of carboxylic acid groups (broad SMARTS) is 1. The van der Waals surface area contributed by atoms with Gasteiger partial charge in [-0.15, -0.1) is 12.4 Å². The van der Waals surface area contributed by atoms with Crippen molar-refractivity contribution >= 4 is 30.1 Å². The fourth-order valence-corrected chi connectivity index (χ4v) is 2.47. The zero-order valence-electron chi connectivity index (χ0n) is 12.6. The lowest BCUT2D eigenvalue weighted by atomic mass is 10.0. The van der Waals surface area contributed by atoms with Crippen molar-refractivity contribution in [2.24, 2.45) is 0 Å². The molecule has 3 rings (SSSR count). The first kappa shape index (κ1) is 18.5. The molecule has 1 heterocycles. The predicted molar refractivity (Wildman–Crippen MR) is 87.4 cm³/mol. The van der Waals surface area contributed by atoms with Crippen LogP contribution in [0, 0.1) is 11.6 Å². The van der Waals surface area contributed by atoms with Gasteiger partial charge in [0.1, 0.15) is 12.4 Å². The lowest BCUT2D eigenvalue weighted by Crippen LogP contribution is -2.27. The van der Waals surface area contributed by atoms with E-state index in [9.17, 15) is 18.4 Å². The highest BCUT2D eigenvalue weighted by atomic mass is 35.5. The van der Waals surface area contributed by atoms with Gasteiger partial charge >= 0.3 is 6.09 Å². The summed E-state index contributed by atoms with van der Waals surface area (Å²) < 4.78 is 31.6. The second kappa shape index (κ2) is 7.35. The van der Waals surface area contributed by atoms with E-state index in [0.29, 0.717) is 5.56 Å². The largest absolute Gasteiger partial charge is 0.490 e. The van der Waals surface area contributed by atoms with Gasteiger partial charge < -0.3 is 20.5 Å². The molecule has 0 fully saturated rings. The lowest BCUT2D eigenvalue weighted by Gasteiger charge is -2.10. The molecule has 25 heavy (non-hydrogen) atoms. The van der Waals surface area contributed by atoms with Gasteiger partial charge in [-0.1, -0.05) is 12.1 Å². The molecule has 2 aromatic rings. The number of para-hydroxylation sites is 1. The van der Waals surface area contributed by atoms with E-state index in [0.717, 1.165) is 12.1 Å². The highest BCUT2D eigenvalue weighted by Crippen LogP contribution is 2.35. The molecular weight excluding hydrogens is 358 g/mol. The Morgan fingerprint density at radius 1 is 1.16 bits per heavy atom. The van der Waals surface area contributed by atoms with Gasteiger partial charge in [0.15, 0.2) is 11.6 Å². The third-order valence-electron chi connectivity index (χ3n) is 3.54. The molecule has 1 aliphatic heterocycles. The maximum Gasteiger partial charge on any atom is 0.405 e. The molecule has 6 nitrogen and oxygen atoms in total. The van der Waals surface area contributed by atoms with Crippen LogP contribution in [-0.2, 0) is 0 Å². The minimum absolute atomic E-state index is 0. The van der Waals surface area contributed by atoms with Crippen LogP contribution in [0.15, 0.2) is 36.4 Å². The molecule has 2 aromatic carbocycles. The Morgan fingerprint density at radius 3 is 2.60 bits per heavy atom. The topological polar surface area (TPSA) is 87.7 Å². The van der Waals surface area contributed by atoms with Crippen LogP contribution < -0.4 is 15.4 Å². The molecule has 0 bridgehead atoms. The number of anilines is 1. The summed E-state index contributed by atoms with van der Waals surface area (Å²) in [6, 6.07) is 7.16. The molecule has 9 heteroatoms. The standard InChI is InChI=1S/C16H12F2N2O4.ClH/c17-11-5-4-8(6-12(11)18)19-15(21)10-3-1-2-9-13(20-16(22)23)7-24-14(9)10;/h1-6,13,20H,7H2,(H,19,21)(H,22,23);1H. The first-order valence-electron chi connectivity index (χ1n) is 6.97. The zero-order chi connectivity index (χ0) is 17.3. The van der Waals surface area contributed by atoms with Gasteiger partial charge in [-0.25, -0.2) is 13.6 Å². The summed E-state index contributed by atoms with van der Waals surface area (Å²) in [5, 5.41) is 13.6. The van der Waals surface area contributed by atoms with Gasteiger partial charge in [0.2, 0.25) is 0 Å². The summed E-state index contributed by atoms with van der Waals surface area (Å²) in [5.41, 5.74) is 0.803. The lowest BCUT2D eigenvalue weighted by molar-refractivity contribution is 0.102. The SMILES string of the molecule is Cl.O=C(O)NC1COc2c(C(=O)Nc3ccc(F)c(F)c3)cccc21. The van der Waals surface area contributed by atoms with Crippen LogP contribution in [0.1, 0.15) is 22.0 Å². The number of amides is 2. The Morgan fingerprint density at radius 2 is 1.92 bits per heavy atom. The molecule has 0 spiro atoms. The van der Waals surface area contributed by atoms with Gasteiger partial charge in [-0.05, 0) is 18.2 Å². The van der Waals surface area contributed by atoms with Crippen LogP contribution in [0.3, 0.4) is 0 Å². The van der Waals surface area contributed by atoms with Crippen LogP contribution in [-0.4, -0.2) is 23.7 Å². The Bertz CT molecular complexity index is 832. The minimum atomic E-state index is -1.20. The van der Waals surface area contributed by atoms with Gasteiger partial charge in [0.05, 0.1) is 11.6 Å². The smallest absolute Gasteiger partial charge is 0.405 e. The number of benzene rings is 2. The van der Waals surface area contributed by atoms with E-state index < -0.39 is 29.7 Å². The number of rotatable bonds is 3. The summed E-state index contributed by atoms with van der Waals surface area (Å²) in [7, 11) is 0. The van der Waals surface area contributed by atoms with Crippen molar-refractivity contribution in [3.63, 3.8) is 0 Å². The molecule has 1 aliphatic rings. The highest BCUT2D eigenvalue weighted by Gasteiger charge is 2.29. The number of carbonyl (C=O) groups is 2. The average molecular weight is 371 g/mol. The second-order valence-electron chi connectivity index (χ2n) is 5.12. The molecule has 0 radical (unpaired) electrons. The van der Waals surface area contributed by atoms with E-state index in [4.69, 9.17) is 9.84 Å². The van der Waals surface area contributed by atoms with Gasteiger partial charge in [-0.3, -0.25) is 4.79 Å².